The van der Waals surface area contributed by atoms with E-state index >= 15 is 0 Å². The Morgan fingerprint density at radius 1 is 0.375 bits per heavy atom. The average Bonchev–Trinajstić information content (AvgIpc) is 3.10. The summed E-state index contributed by atoms with van der Waals surface area (Å²) in [5.41, 5.74) is 0. The number of rotatable bonds is 0. The van der Waals surface area contributed by atoms with Crippen molar-refractivity contribution in [2.45, 2.75) is 159 Å². The Balaban J connectivity index is 0.0000000904. The third-order valence-electron chi connectivity index (χ3n) is 13.2. The van der Waals surface area contributed by atoms with Gasteiger partial charge in [0.1, 0.15) is 0 Å². The Hall–Kier alpha value is 0.270. The number of piperidine rings is 3. The largest absolute Gasteiger partial charge is 0.378 e. The molecule has 15 aliphatic rings. The lowest BCUT2D eigenvalue weighted by Crippen LogP contribution is -2.41. The molecule has 8 saturated carbocycles. The van der Waals surface area contributed by atoms with Crippen molar-refractivity contribution in [3.63, 3.8) is 0 Å². The maximum Gasteiger partial charge on any atom is 0.0575 e. The Morgan fingerprint density at radius 2 is 0.750 bits per heavy atom. The molecule has 8 aliphatic carbocycles. The first-order valence-electron chi connectivity index (χ1n) is 18.7. The molecular formula is C37H65NOS. The number of thioether (sulfide) groups is 1. The summed E-state index contributed by atoms with van der Waals surface area (Å²) < 4.78 is 5.48. The third-order valence-corrected chi connectivity index (χ3v) is 14.8. The average molecular weight is 572 g/mol. The fourth-order valence-corrected chi connectivity index (χ4v) is 11.4. The zero-order valence-corrected chi connectivity index (χ0v) is 27.1. The van der Waals surface area contributed by atoms with Crippen LogP contribution in [0.3, 0.4) is 0 Å². The molecule has 0 radical (unpaired) electrons. The van der Waals surface area contributed by atoms with Crippen LogP contribution in [0.1, 0.15) is 148 Å². The summed E-state index contributed by atoms with van der Waals surface area (Å²) in [4.78, 5) is 2.58. The SMILES string of the molecule is C1CC2CCC1CC2.C1CC2CCC1CC2.C1CC2CCC1CO2.C1CC2CCC1CS2.C1CN2CCC1CC2. The van der Waals surface area contributed by atoms with Gasteiger partial charge in [-0.3, -0.25) is 0 Å². The molecule has 0 spiro atoms. The van der Waals surface area contributed by atoms with Gasteiger partial charge >= 0.3 is 0 Å². The van der Waals surface area contributed by atoms with E-state index in [2.05, 4.69) is 16.7 Å². The summed E-state index contributed by atoms with van der Waals surface area (Å²) in [5, 5.41) is 1.07. The van der Waals surface area contributed by atoms with E-state index in [1.165, 1.54) is 96.0 Å². The maximum absolute atomic E-state index is 5.48. The van der Waals surface area contributed by atoms with Crippen molar-refractivity contribution in [2.75, 3.05) is 32.0 Å². The molecule has 2 nitrogen and oxygen atoms in total. The summed E-state index contributed by atoms with van der Waals surface area (Å²) in [6, 6.07) is 0. The molecule has 0 unspecified atom stereocenters. The van der Waals surface area contributed by atoms with Gasteiger partial charge in [0.2, 0.25) is 0 Å². The monoisotopic (exact) mass is 571 g/mol. The van der Waals surface area contributed by atoms with Crippen molar-refractivity contribution in [1.82, 2.24) is 4.90 Å². The quantitative estimate of drug-likeness (QED) is 0.287. The highest BCUT2D eigenvalue weighted by Crippen LogP contribution is 2.42. The Labute approximate surface area is 253 Å². The predicted molar refractivity (Wildman–Crippen MR) is 173 cm³/mol. The number of ether oxygens (including phenoxy) is 1. The molecule has 15 fully saturated rings. The van der Waals surface area contributed by atoms with E-state index in [0.29, 0.717) is 6.10 Å². The molecule has 0 aromatic rings. The van der Waals surface area contributed by atoms with E-state index in [1.807, 2.05) is 0 Å². The molecule has 15 rings (SSSR count). The van der Waals surface area contributed by atoms with Crippen LogP contribution in [-0.4, -0.2) is 48.2 Å². The topological polar surface area (TPSA) is 12.5 Å². The van der Waals surface area contributed by atoms with Crippen LogP contribution in [0.15, 0.2) is 0 Å². The first-order chi connectivity index (χ1) is 19.7. The van der Waals surface area contributed by atoms with E-state index in [9.17, 15) is 0 Å². The molecule has 0 aromatic carbocycles. The van der Waals surface area contributed by atoms with Gasteiger partial charge in [-0.25, -0.2) is 0 Å². The molecular weight excluding hydrogens is 506 g/mol. The first kappa shape index (κ1) is 30.3. The van der Waals surface area contributed by atoms with Crippen LogP contribution in [0.4, 0.5) is 0 Å². The molecule has 0 aromatic heterocycles. The predicted octanol–water partition coefficient (Wildman–Crippen LogP) is 10.1. The summed E-state index contributed by atoms with van der Waals surface area (Å²) >= 11 is 2.21. The Morgan fingerprint density at radius 3 is 0.850 bits per heavy atom. The molecule has 230 valence electrons. The van der Waals surface area contributed by atoms with Crippen LogP contribution in [0.2, 0.25) is 0 Å². The molecule has 0 amide bonds. The highest BCUT2D eigenvalue weighted by Gasteiger charge is 2.29. The minimum absolute atomic E-state index is 0.653. The molecule has 0 atom stereocenters. The van der Waals surface area contributed by atoms with Crippen LogP contribution >= 0.6 is 11.8 Å². The van der Waals surface area contributed by atoms with E-state index in [0.717, 1.165) is 53.3 Å². The fraction of sp³-hybridized carbons (Fsp3) is 1.00. The van der Waals surface area contributed by atoms with Crippen LogP contribution in [0, 0.1) is 41.4 Å². The van der Waals surface area contributed by atoms with Gasteiger partial charge in [0.05, 0.1) is 6.10 Å². The molecule has 7 aliphatic heterocycles. The number of nitrogens with zero attached hydrogens (tertiary/aromatic N) is 1. The van der Waals surface area contributed by atoms with Crippen molar-refractivity contribution >= 4 is 11.8 Å². The first-order valence-corrected chi connectivity index (χ1v) is 19.8. The van der Waals surface area contributed by atoms with Gasteiger partial charge < -0.3 is 9.64 Å². The van der Waals surface area contributed by atoms with Gasteiger partial charge in [-0.2, -0.15) is 11.8 Å². The summed E-state index contributed by atoms with van der Waals surface area (Å²) in [7, 11) is 0. The number of hydrogen-bond acceptors (Lipinski definition) is 3. The van der Waals surface area contributed by atoms with Crippen LogP contribution < -0.4 is 0 Å². The van der Waals surface area contributed by atoms with Crippen molar-refractivity contribution in [3.8, 4) is 0 Å². The van der Waals surface area contributed by atoms with E-state index < -0.39 is 0 Å². The van der Waals surface area contributed by atoms with Gasteiger partial charge in [0, 0.05) is 11.9 Å². The van der Waals surface area contributed by atoms with Gasteiger partial charge in [-0.05, 0) is 137 Å². The minimum atomic E-state index is 0.653. The molecule has 0 N–H and O–H groups in total. The summed E-state index contributed by atoms with van der Waals surface area (Å²) in [6.45, 7) is 5.24. The maximum atomic E-state index is 5.48. The van der Waals surface area contributed by atoms with Crippen molar-refractivity contribution in [2.24, 2.45) is 41.4 Å². The van der Waals surface area contributed by atoms with E-state index in [1.54, 1.807) is 77.0 Å². The van der Waals surface area contributed by atoms with Crippen molar-refractivity contribution < 1.29 is 4.74 Å². The van der Waals surface area contributed by atoms with Gasteiger partial charge in [0.15, 0.2) is 0 Å². The van der Waals surface area contributed by atoms with Gasteiger partial charge in [-0.1, -0.05) is 77.0 Å². The summed E-state index contributed by atoms with van der Waals surface area (Å²) in [6.07, 6.45) is 35.5. The lowest BCUT2D eigenvalue weighted by molar-refractivity contribution is -0.0615. The minimum Gasteiger partial charge on any atom is -0.378 e. The molecule has 40 heavy (non-hydrogen) atoms. The fourth-order valence-electron chi connectivity index (χ4n) is 9.90. The van der Waals surface area contributed by atoms with Crippen LogP contribution in [0.25, 0.3) is 0 Å². The Kier molecular flexibility index (Phi) is 12.0. The second kappa shape index (κ2) is 15.8. The van der Waals surface area contributed by atoms with Crippen molar-refractivity contribution in [3.05, 3.63) is 0 Å². The highest BCUT2D eigenvalue weighted by molar-refractivity contribution is 8.00. The van der Waals surface area contributed by atoms with Crippen LogP contribution in [0.5, 0.6) is 0 Å². The molecule has 10 bridgehead atoms. The normalized spacial score (nSPS) is 45.0. The van der Waals surface area contributed by atoms with Crippen LogP contribution in [-0.2, 0) is 4.74 Å². The molecule has 7 heterocycles. The lowest BCUT2D eigenvalue weighted by atomic mass is 9.71. The highest BCUT2D eigenvalue weighted by atomic mass is 32.2. The summed E-state index contributed by atoms with van der Waals surface area (Å²) in [5.74, 6) is 9.25. The van der Waals surface area contributed by atoms with Crippen molar-refractivity contribution in [1.29, 1.82) is 0 Å². The van der Waals surface area contributed by atoms with E-state index in [-0.39, 0.29) is 0 Å². The molecule has 7 saturated heterocycles. The zero-order chi connectivity index (χ0) is 27.0. The standard InChI is InChI=1S/2C8H14.C7H13N.C7H12O.C7H12S/c2*1-2-8-5-3-7(1)4-6-8;1-4-8-5-2-7(1)3-6-8;2*1-3-7-4-2-6(1)5-8-7/h2*7-8H,1-6H2;7H,1-6H2;2*6-7H,1-5H2. The number of fused-ring (bicyclic) bond motifs is 15. The second-order valence-corrected chi connectivity index (χ2v) is 17.3. The lowest BCUT2D eigenvalue weighted by Gasteiger charge is -2.38. The molecule has 3 heteroatoms. The second-order valence-electron chi connectivity index (χ2n) is 16.0. The third kappa shape index (κ3) is 9.38. The number of hydrogen-bond donors (Lipinski definition) is 0. The zero-order valence-electron chi connectivity index (χ0n) is 26.3. The smallest absolute Gasteiger partial charge is 0.0575 e. The van der Waals surface area contributed by atoms with Gasteiger partial charge in [-0.15, -0.1) is 0 Å². The van der Waals surface area contributed by atoms with Gasteiger partial charge in [0.25, 0.3) is 0 Å². The Bertz CT molecular complexity index is 435. The van der Waals surface area contributed by atoms with E-state index in [4.69, 9.17) is 4.74 Å².